The van der Waals surface area contributed by atoms with Crippen LogP contribution in [0.1, 0.15) is 12.5 Å². The molecule has 4 nitrogen and oxygen atoms in total. The molecule has 116 valence electrons. The summed E-state index contributed by atoms with van der Waals surface area (Å²) >= 11 is 0. The van der Waals surface area contributed by atoms with Gasteiger partial charge >= 0.3 is 0 Å². The Labute approximate surface area is 132 Å². The average molecular weight is 316 g/mol. The van der Waals surface area contributed by atoms with E-state index in [0.717, 1.165) is 5.56 Å². The van der Waals surface area contributed by atoms with Crippen LogP contribution in [-0.4, -0.2) is 25.3 Å². The molecule has 0 aliphatic carbocycles. The zero-order valence-electron chi connectivity index (χ0n) is 12.9. The van der Waals surface area contributed by atoms with Gasteiger partial charge in [0, 0.05) is 24.1 Å². The molecule has 1 aromatic carbocycles. The molecule has 1 saturated heterocycles. The van der Waals surface area contributed by atoms with Crippen molar-refractivity contribution in [2.45, 2.75) is 24.8 Å². The lowest BCUT2D eigenvalue weighted by atomic mass is 9.86. The molecule has 1 aliphatic rings. The van der Waals surface area contributed by atoms with Crippen LogP contribution in [0, 0.1) is 30.1 Å². The van der Waals surface area contributed by atoms with Gasteiger partial charge in [0.1, 0.15) is 0 Å². The number of hydrogen-bond donors (Lipinski definition) is 0. The molecule has 22 heavy (non-hydrogen) atoms. The summed E-state index contributed by atoms with van der Waals surface area (Å²) in [6.07, 6.45) is 1.72. The molecule has 1 fully saturated rings. The van der Waals surface area contributed by atoms with E-state index in [2.05, 4.69) is 19.2 Å². The molecule has 0 unspecified atom stereocenters. The third-order valence-corrected chi connectivity index (χ3v) is 6.27. The van der Waals surface area contributed by atoms with Crippen LogP contribution in [0.25, 0.3) is 0 Å². The quantitative estimate of drug-likeness (QED) is 0.634. The van der Waals surface area contributed by atoms with E-state index in [9.17, 15) is 8.42 Å². The second-order valence-electron chi connectivity index (χ2n) is 5.69. The minimum atomic E-state index is -3.59. The lowest BCUT2D eigenvalue weighted by Crippen LogP contribution is -2.36. The smallest absolute Gasteiger partial charge is 0.207 e. The zero-order valence-corrected chi connectivity index (χ0v) is 13.7. The maximum Gasteiger partial charge on any atom is 0.243 e. The van der Waals surface area contributed by atoms with E-state index in [-0.39, 0.29) is 22.8 Å². The van der Waals surface area contributed by atoms with Crippen LogP contribution in [-0.2, 0) is 10.0 Å². The fraction of sp³-hybridized carbons (Fsp3) is 0.353. The number of nitrogens with zero attached hydrogens (tertiary/aromatic N) is 2. The first-order valence-corrected chi connectivity index (χ1v) is 8.57. The van der Waals surface area contributed by atoms with Crippen LogP contribution in [0.2, 0.25) is 0 Å². The summed E-state index contributed by atoms with van der Waals surface area (Å²) < 4.78 is 27.2. The number of benzene rings is 1. The molecule has 0 N–H and O–H groups in total. The summed E-state index contributed by atoms with van der Waals surface area (Å²) in [6.45, 7) is 11.6. The second-order valence-corrected chi connectivity index (χ2v) is 7.58. The molecule has 1 aliphatic heterocycles. The van der Waals surface area contributed by atoms with Crippen LogP contribution in [0.4, 0.5) is 0 Å². The molecule has 3 atom stereocenters. The maximum atomic E-state index is 12.9. The highest BCUT2D eigenvalue weighted by Crippen LogP contribution is 2.38. The first-order valence-electron chi connectivity index (χ1n) is 7.13. The number of sulfonamides is 1. The van der Waals surface area contributed by atoms with Crippen molar-refractivity contribution in [3.8, 4) is 6.07 Å². The van der Waals surface area contributed by atoms with E-state index >= 15 is 0 Å². The SMILES string of the molecule is C=C[C@H]1CN(S(=O)(=O)c2ccc(C)cc2)[C@H](C)[C@H]1C(=C)C#N. The fourth-order valence-electron chi connectivity index (χ4n) is 3.03. The van der Waals surface area contributed by atoms with Crippen LogP contribution < -0.4 is 0 Å². The van der Waals surface area contributed by atoms with Crippen molar-refractivity contribution in [2.24, 2.45) is 11.8 Å². The average Bonchev–Trinajstić information content (AvgIpc) is 2.84. The Morgan fingerprint density at radius 1 is 1.41 bits per heavy atom. The van der Waals surface area contributed by atoms with Gasteiger partial charge in [-0.25, -0.2) is 8.42 Å². The van der Waals surface area contributed by atoms with E-state index in [4.69, 9.17) is 5.26 Å². The van der Waals surface area contributed by atoms with Gasteiger partial charge in [0.25, 0.3) is 0 Å². The zero-order chi connectivity index (χ0) is 16.5. The molecule has 0 radical (unpaired) electrons. The Balaban J connectivity index is 2.40. The molecule has 0 amide bonds. The van der Waals surface area contributed by atoms with Crippen molar-refractivity contribution in [1.82, 2.24) is 4.31 Å². The lowest BCUT2D eigenvalue weighted by Gasteiger charge is -2.24. The Kier molecular flexibility index (Phi) is 4.55. The van der Waals surface area contributed by atoms with Crippen LogP contribution >= 0.6 is 0 Å². The van der Waals surface area contributed by atoms with Crippen molar-refractivity contribution in [2.75, 3.05) is 6.54 Å². The van der Waals surface area contributed by atoms with Gasteiger partial charge in [-0.3, -0.25) is 0 Å². The van der Waals surface area contributed by atoms with Gasteiger partial charge in [-0.1, -0.05) is 30.4 Å². The van der Waals surface area contributed by atoms with E-state index in [1.165, 1.54) is 4.31 Å². The molecule has 0 saturated carbocycles. The topological polar surface area (TPSA) is 61.2 Å². The highest BCUT2D eigenvalue weighted by Gasteiger charge is 2.45. The monoisotopic (exact) mass is 316 g/mol. The molecular weight excluding hydrogens is 296 g/mol. The van der Waals surface area contributed by atoms with Gasteiger partial charge in [-0.15, -0.1) is 6.58 Å². The lowest BCUT2D eigenvalue weighted by molar-refractivity contribution is 0.381. The summed E-state index contributed by atoms with van der Waals surface area (Å²) in [5.41, 5.74) is 1.41. The van der Waals surface area contributed by atoms with Crippen LogP contribution in [0.15, 0.2) is 54.0 Å². The molecule has 5 heteroatoms. The normalized spacial score (nSPS) is 25.6. The van der Waals surface area contributed by atoms with Crippen molar-refractivity contribution >= 4 is 10.0 Å². The molecule has 0 bridgehead atoms. The molecule has 2 rings (SSSR count). The fourth-order valence-corrected chi connectivity index (χ4v) is 4.72. The Bertz CT molecular complexity index is 729. The van der Waals surface area contributed by atoms with Crippen molar-refractivity contribution in [3.63, 3.8) is 0 Å². The highest BCUT2D eigenvalue weighted by atomic mass is 32.2. The van der Waals surface area contributed by atoms with Crippen molar-refractivity contribution in [1.29, 1.82) is 5.26 Å². The highest BCUT2D eigenvalue weighted by molar-refractivity contribution is 7.89. The van der Waals surface area contributed by atoms with Crippen molar-refractivity contribution < 1.29 is 8.42 Å². The van der Waals surface area contributed by atoms with Gasteiger partial charge in [-0.05, 0) is 31.9 Å². The second kappa shape index (κ2) is 6.07. The molecular formula is C17H20N2O2S. The minimum absolute atomic E-state index is 0.0950. The van der Waals surface area contributed by atoms with Gasteiger partial charge in [0.2, 0.25) is 10.0 Å². The maximum absolute atomic E-state index is 12.9. The van der Waals surface area contributed by atoms with Gasteiger partial charge in [0.05, 0.1) is 11.0 Å². The van der Waals surface area contributed by atoms with E-state index in [1.54, 1.807) is 30.3 Å². The standard InChI is InChI=1S/C17H20N2O2S/c1-5-15-11-19(14(4)17(15)13(3)10-18)22(20,21)16-8-6-12(2)7-9-16/h5-9,14-15,17H,1,3,11H2,2,4H3/t14-,15+,17-/m1/s1. The molecule has 1 heterocycles. The summed E-state index contributed by atoms with van der Waals surface area (Å²) in [6, 6.07) is 8.54. The van der Waals surface area contributed by atoms with Gasteiger partial charge in [-0.2, -0.15) is 9.57 Å². The summed E-state index contributed by atoms with van der Waals surface area (Å²) in [7, 11) is -3.59. The van der Waals surface area contributed by atoms with E-state index in [0.29, 0.717) is 12.1 Å². The largest absolute Gasteiger partial charge is 0.243 e. The summed E-state index contributed by atoms with van der Waals surface area (Å²) in [4.78, 5) is 0.274. The minimum Gasteiger partial charge on any atom is -0.207 e. The van der Waals surface area contributed by atoms with E-state index < -0.39 is 10.0 Å². The van der Waals surface area contributed by atoms with Crippen LogP contribution in [0.3, 0.4) is 0 Å². The third kappa shape index (κ3) is 2.72. The molecule has 1 aromatic rings. The molecule has 0 aromatic heterocycles. The first-order chi connectivity index (χ1) is 10.3. The number of nitriles is 1. The Morgan fingerprint density at radius 2 is 2.00 bits per heavy atom. The number of rotatable bonds is 4. The summed E-state index contributed by atoms with van der Waals surface area (Å²) in [5.74, 6) is -0.315. The third-order valence-electron chi connectivity index (χ3n) is 4.30. The first kappa shape index (κ1) is 16.5. The number of hydrogen-bond acceptors (Lipinski definition) is 3. The van der Waals surface area contributed by atoms with Gasteiger partial charge in [0.15, 0.2) is 0 Å². The van der Waals surface area contributed by atoms with E-state index in [1.807, 2.05) is 13.8 Å². The molecule has 0 spiro atoms. The Morgan fingerprint density at radius 3 is 2.50 bits per heavy atom. The van der Waals surface area contributed by atoms with Crippen molar-refractivity contribution in [3.05, 3.63) is 54.6 Å². The Hall–Kier alpha value is -1.90. The predicted molar refractivity (Wildman–Crippen MR) is 86.5 cm³/mol. The summed E-state index contributed by atoms with van der Waals surface area (Å²) in [5, 5.41) is 9.11. The predicted octanol–water partition coefficient (Wildman–Crippen LogP) is 2.89. The van der Waals surface area contributed by atoms with Gasteiger partial charge < -0.3 is 0 Å². The van der Waals surface area contributed by atoms with Crippen LogP contribution in [0.5, 0.6) is 0 Å². The number of aryl methyl sites for hydroxylation is 1.